The highest BCUT2D eigenvalue weighted by molar-refractivity contribution is 7.80. The number of hydrogen-bond donors (Lipinski definition) is 2. The Morgan fingerprint density at radius 3 is 2.38 bits per heavy atom. The molecule has 0 unspecified atom stereocenters. The fourth-order valence-corrected chi connectivity index (χ4v) is 1.43. The van der Waals surface area contributed by atoms with E-state index in [-0.39, 0.29) is 0 Å². The Hall–Kier alpha value is -1.22. The SMILES string of the molecule is CC(C)(C(=O)O)c1ccc(C=CCS)cc1. The highest BCUT2D eigenvalue weighted by Gasteiger charge is 2.28. The molecule has 0 bridgehead atoms. The summed E-state index contributed by atoms with van der Waals surface area (Å²) in [5, 5.41) is 9.08. The Bertz CT molecular complexity index is 391. The van der Waals surface area contributed by atoms with E-state index in [1.54, 1.807) is 13.8 Å². The molecule has 0 saturated carbocycles. The third-order valence-electron chi connectivity index (χ3n) is 2.58. The van der Waals surface area contributed by atoms with Gasteiger partial charge in [-0.15, -0.1) is 0 Å². The van der Waals surface area contributed by atoms with E-state index in [0.717, 1.165) is 11.1 Å². The Morgan fingerprint density at radius 1 is 1.38 bits per heavy atom. The quantitative estimate of drug-likeness (QED) is 0.789. The van der Waals surface area contributed by atoms with Gasteiger partial charge in [0, 0.05) is 5.75 Å². The van der Waals surface area contributed by atoms with E-state index >= 15 is 0 Å². The Kier molecular flexibility index (Phi) is 4.19. The van der Waals surface area contributed by atoms with Gasteiger partial charge in [0.15, 0.2) is 0 Å². The minimum absolute atomic E-state index is 0.697. The monoisotopic (exact) mass is 236 g/mol. The van der Waals surface area contributed by atoms with Gasteiger partial charge in [-0.1, -0.05) is 36.4 Å². The number of aliphatic carboxylic acids is 1. The van der Waals surface area contributed by atoms with E-state index in [1.165, 1.54) is 0 Å². The lowest BCUT2D eigenvalue weighted by Gasteiger charge is -2.19. The van der Waals surface area contributed by atoms with Crippen LogP contribution in [0.15, 0.2) is 30.3 Å². The molecule has 0 aromatic heterocycles. The molecule has 0 heterocycles. The van der Waals surface area contributed by atoms with Gasteiger partial charge in [0.25, 0.3) is 0 Å². The first kappa shape index (κ1) is 12.8. The van der Waals surface area contributed by atoms with Crippen molar-refractivity contribution in [3.63, 3.8) is 0 Å². The van der Waals surface area contributed by atoms with E-state index in [2.05, 4.69) is 12.6 Å². The third-order valence-corrected chi connectivity index (χ3v) is 2.79. The summed E-state index contributed by atoms with van der Waals surface area (Å²) < 4.78 is 0. The summed E-state index contributed by atoms with van der Waals surface area (Å²) in [5.41, 5.74) is 1.02. The number of carboxylic acid groups (broad SMARTS) is 1. The molecule has 0 spiro atoms. The van der Waals surface area contributed by atoms with E-state index in [4.69, 9.17) is 5.11 Å². The van der Waals surface area contributed by atoms with Gasteiger partial charge >= 0.3 is 5.97 Å². The van der Waals surface area contributed by atoms with Crippen LogP contribution in [-0.2, 0) is 10.2 Å². The van der Waals surface area contributed by atoms with Gasteiger partial charge in [0.05, 0.1) is 5.41 Å². The summed E-state index contributed by atoms with van der Waals surface area (Å²) in [7, 11) is 0. The first-order valence-electron chi connectivity index (χ1n) is 5.10. The summed E-state index contributed by atoms with van der Waals surface area (Å²) in [6.07, 6.45) is 3.91. The highest BCUT2D eigenvalue weighted by Crippen LogP contribution is 2.23. The number of hydrogen-bond acceptors (Lipinski definition) is 2. The molecule has 16 heavy (non-hydrogen) atoms. The molecule has 3 heteroatoms. The van der Waals surface area contributed by atoms with Gasteiger partial charge in [0.1, 0.15) is 0 Å². The van der Waals surface area contributed by atoms with E-state index in [9.17, 15) is 4.79 Å². The predicted octanol–water partition coefficient (Wildman–Crippen LogP) is 2.99. The summed E-state index contributed by atoms with van der Waals surface area (Å²) >= 11 is 4.08. The van der Waals surface area contributed by atoms with Crippen molar-refractivity contribution in [3.05, 3.63) is 41.5 Å². The molecule has 1 aromatic rings. The number of benzene rings is 1. The molecule has 0 amide bonds. The van der Waals surface area contributed by atoms with E-state index < -0.39 is 11.4 Å². The second-order valence-corrected chi connectivity index (χ2v) is 4.50. The van der Waals surface area contributed by atoms with Crippen molar-refractivity contribution < 1.29 is 9.90 Å². The first-order valence-corrected chi connectivity index (χ1v) is 5.73. The summed E-state index contributed by atoms with van der Waals surface area (Å²) in [5.74, 6) is -0.117. The minimum Gasteiger partial charge on any atom is -0.481 e. The molecule has 86 valence electrons. The Morgan fingerprint density at radius 2 is 1.94 bits per heavy atom. The molecule has 1 rings (SSSR count). The van der Waals surface area contributed by atoms with Gasteiger partial charge in [-0.25, -0.2) is 0 Å². The van der Waals surface area contributed by atoms with Crippen LogP contribution < -0.4 is 0 Å². The molecule has 2 nitrogen and oxygen atoms in total. The third kappa shape index (κ3) is 2.89. The highest BCUT2D eigenvalue weighted by atomic mass is 32.1. The van der Waals surface area contributed by atoms with Gasteiger partial charge in [-0.05, 0) is 25.0 Å². The molecule has 0 aliphatic heterocycles. The lowest BCUT2D eigenvalue weighted by molar-refractivity contribution is -0.142. The second kappa shape index (κ2) is 5.21. The number of carbonyl (C=O) groups is 1. The summed E-state index contributed by atoms with van der Waals surface area (Å²) in [4.78, 5) is 11.1. The van der Waals surface area contributed by atoms with Crippen LogP contribution in [0.1, 0.15) is 25.0 Å². The van der Waals surface area contributed by atoms with E-state index in [0.29, 0.717) is 5.75 Å². The fourth-order valence-electron chi connectivity index (χ4n) is 1.32. The molecular weight excluding hydrogens is 220 g/mol. The molecule has 1 aromatic carbocycles. The minimum atomic E-state index is -0.841. The standard InChI is InChI=1S/C13H16O2S/c1-13(2,12(14)15)11-7-5-10(6-8-11)4-3-9-16/h3-8,16H,9H2,1-2H3,(H,14,15). The number of carboxylic acids is 1. The van der Waals surface area contributed by atoms with Crippen molar-refractivity contribution in [3.8, 4) is 0 Å². The van der Waals surface area contributed by atoms with Gasteiger partial charge in [-0.2, -0.15) is 12.6 Å². The fraction of sp³-hybridized carbons (Fsp3) is 0.308. The molecule has 0 radical (unpaired) electrons. The average molecular weight is 236 g/mol. The van der Waals surface area contributed by atoms with Crippen LogP contribution in [0, 0.1) is 0 Å². The molecule has 1 N–H and O–H groups in total. The predicted molar refractivity (Wildman–Crippen MR) is 70.0 cm³/mol. The zero-order chi connectivity index (χ0) is 12.2. The molecule has 0 atom stereocenters. The lowest BCUT2D eigenvalue weighted by Crippen LogP contribution is -2.28. The normalized spacial score (nSPS) is 11.9. The number of rotatable bonds is 4. The summed E-state index contributed by atoms with van der Waals surface area (Å²) in [6, 6.07) is 7.54. The van der Waals surface area contributed by atoms with Crippen molar-refractivity contribution in [2.75, 3.05) is 5.75 Å². The largest absolute Gasteiger partial charge is 0.481 e. The van der Waals surface area contributed by atoms with Crippen LogP contribution in [0.4, 0.5) is 0 Å². The zero-order valence-corrected chi connectivity index (χ0v) is 10.4. The van der Waals surface area contributed by atoms with Crippen molar-refractivity contribution in [2.45, 2.75) is 19.3 Å². The van der Waals surface area contributed by atoms with Gasteiger partial charge < -0.3 is 5.11 Å². The Labute approximate surface area is 101 Å². The maximum absolute atomic E-state index is 11.1. The van der Waals surface area contributed by atoms with Crippen LogP contribution in [0.3, 0.4) is 0 Å². The molecule has 0 aliphatic carbocycles. The smallest absolute Gasteiger partial charge is 0.313 e. The van der Waals surface area contributed by atoms with Crippen molar-refractivity contribution >= 4 is 24.7 Å². The second-order valence-electron chi connectivity index (χ2n) is 4.14. The average Bonchev–Trinajstić information content (AvgIpc) is 2.26. The topological polar surface area (TPSA) is 37.3 Å². The lowest BCUT2D eigenvalue weighted by atomic mass is 9.84. The molecule has 0 saturated heterocycles. The summed E-state index contributed by atoms with van der Waals surface area (Å²) in [6.45, 7) is 3.40. The van der Waals surface area contributed by atoms with Crippen LogP contribution in [0.25, 0.3) is 6.08 Å². The maximum Gasteiger partial charge on any atom is 0.313 e. The molecular formula is C13H16O2S. The van der Waals surface area contributed by atoms with E-state index in [1.807, 2.05) is 36.4 Å². The van der Waals surface area contributed by atoms with Crippen LogP contribution in [-0.4, -0.2) is 16.8 Å². The maximum atomic E-state index is 11.1. The zero-order valence-electron chi connectivity index (χ0n) is 9.47. The van der Waals surface area contributed by atoms with Gasteiger partial charge in [-0.3, -0.25) is 4.79 Å². The van der Waals surface area contributed by atoms with Crippen molar-refractivity contribution in [2.24, 2.45) is 0 Å². The molecule has 0 fully saturated rings. The van der Waals surface area contributed by atoms with Crippen molar-refractivity contribution in [1.29, 1.82) is 0 Å². The Balaban J connectivity index is 2.95. The van der Waals surface area contributed by atoms with Gasteiger partial charge in [0.2, 0.25) is 0 Å². The van der Waals surface area contributed by atoms with Crippen molar-refractivity contribution in [1.82, 2.24) is 0 Å². The van der Waals surface area contributed by atoms with Crippen LogP contribution >= 0.6 is 12.6 Å². The first-order chi connectivity index (χ1) is 7.48. The van der Waals surface area contributed by atoms with Crippen LogP contribution in [0.5, 0.6) is 0 Å². The van der Waals surface area contributed by atoms with Crippen LogP contribution in [0.2, 0.25) is 0 Å². The number of thiol groups is 1. The molecule has 0 aliphatic rings.